The van der Waals surface area contributed by atoms with Gasteiger partial charge in [0.1, 0.15) is 5.84 Å². The summed E-state index contributed by atoms with van der Waals surface area (Å²) in [5.41, 5.74) is 6.70. The Labute approximate surface area is 116 Å². The van der Waals surface area contributed by atoms with E-state index in [1.165, 1.54) is 4.68 Å². The SMILES string of the molecule is COCCn1nc(-c2ccccc2)cc(C(=N)N)c1=O. The molecule has 6 nitrogen and oxygen atoms in total. The van der Waals surface area contributed by atoms with Gasteiger partial charge in [-0.15, -0.1) is 0 Å². The number of nitrogens with zero attached hydrogens (tertiary/aromatic N) is 2. The van der Waals surface area contributed by atoms with Gasteiger partial charge in [-0.3, -0.25) is 10.2 Å². The molecule has 20 heavy (non-hydrogen) atoms. The molecule has 0 aliphatic carbocycles. The molecule has 0 amide bonds. The minimum Gasteiger partial charge on any atom is -0.384 e. The van der Waals surface area contributed by atoms with E-state index >= 15 is 0 Å². The fourth-order valence-corrected chi connectivity index (χ4v) is 1.81. The zero-order valence-corrected chi connectivity index (χ0v) is 11.2. The van der Waals surface area contributed by atoms with Gasteiger partial charge in [0.25, 0.3) is 5.56 Å². The van der Waals surface area contributed by atoms with Crippen LogP contribution in [0.15, 0.2) is 41.2 Å². The highest BCUT2D eigenvalue weighted by Crippen LogP contribution is 2.15. The van der Waals surface area contributed by atoms with E-state index in [4.69, 9.17) is 15.9 Å². The first-order valence-corrected chi connectivity index (χ1v) is 6.14. The Kier molecular flexibility index (Phi) is 4.27. The molecule has 0 bridgehead atoms. The summed E-state index contributed by atoms with van der Waals surface area (Å²) < 4.78 is 6.24. The minimum absolute atomic E-state index is 0.148. The third-order valence-electron chi connectivity index (χ3n) is 2.84. The van der Waals surface area contributed by atoms with E-state index in [-0.39, 0.29) is 17.0 Å². The van der Waals surface area contributed by atoms with Crippen molar-refractivity contribution in [2.45, 2.75) is 6.54 Å². The summed E-state index contributed by atoms with van der Waals surface area (Å²) in [4.78, 5) is 12.1. The monoisotopic (exact) mass is 272 g/mol. The summed E-state index contributed by atoms with van der Waals surface area (Å²) in [7, 11) is 1.55. The predicted molar refractivity (Wildman–Crippen MR) is 76.8 cm³/mol. The second kappa shape index (κ2) is 6.12. The number of nitrogens with one attached hydrogen (secondary N) is 1. The number of amidine groups is 1. The number of methoxy groups -OCH3 is 1. The third kappa shape index (κ3) is 2.92. The molecule has 1 heterocycles. The highest BCUT2D eigenvalue weighted by atomic mass is 16.5. The van der Waals surface area contributed by atoms with E-state index < -0.39 is 0 Å². The van der Waals surface area contributed by atoms with Gasteiger partial charge < -0.3 is 10.5 Å². The molecule has 104 valence electrons. The quantitative estimate of drug-likeness (QED) is 0.623. The molecule has 0 radical (unpaired) electrons. The lowest BCUT2D eigenvalue weighted by atomic mass is 10.1. The van der Waals surface area contributed by atoms with Crippen LogP contribution in [0.4, 0.5) is 0 Å². The number of nitrogens with two attached hydrogens (primary N) is 1. The molecule has 0 aliphatic heterocycles. The van der Waals surface area contributed by atoms with Crippen LogP contribution in [-0.4, -0.2) is 29.3 Å². The van der Waals surface area contributed by atoms with Gasteiger partial charge in [0.05, 0.1) is 24.4 Å². The lowest BCUT2D eigenvalue weighted by Gasteiger charge is -2.09. The zero-order chi connectivity index (χ0) is 14.5. The van der Waals surface area contributed by atoms with Crippen molar-refractivity contribution < 1.29 is 4.74 Å². The van der Waals surface area contributed by atoms with Crippen LogP contribution in [-0.2, 0) is 11.3 Å². The maximum Gasteiger partial charge on any atom is 0.277 e. The number of benzene rings is 1. The van der Waals surface area contributed by atoms with Crippen LogP contribution in [0.1, 0.15) is 5.56 Å². The summed E-state index contributed by atoms with van der Waals surface area (Å²) in [5.74, 6) is -0.263. The van der Waals surface area contributed by atoms with Crippen LogP contribution in [0.2, 0.25) is 0 Å². The van der Waals surface area contributed by atoms with Gasteiger partial charge >= 0.3 is 0 Å². The smallest absolute Gasteiger partial charge is 0.277 e. The lowest BCUT2D eigenvalue weighted by Crippen LogP contribution is -2.32. The molecule has 2 aromatic rings. The van der Waals surface area contributed by atoms with Crippen LogP contribution in [0.5, 0.6) is 0 Å². The molecular formula is C14H16N4O2. The first-order valence-electron chi connectivity index (χ1n) is 6.14. The van der Waals surface area contributed by atoms with Gasteiger partial charge in [0.2, 0.25) is 0 Å². The van der Waals surface area contributed by atoms with Crippen LogP contribution in [0.3, 0.4) is 0 Å². The van der Waals surface area contributed by atoms with Gasteiger partial charge in [-0.1, -0.05) is 30.3 Å². The molecule has 0 unspecified atom stereocenters. The summed E-state index contributed by atoms with van der Waals surface area (Å²) >= 11 is 0. The number of nitrogen functional groups attached to an aromatic ring is 1. The van der Waals surface area contributed by atoms with E-state index in [1.807, 2.05) is 30.3 Å². The molecule has 0 fully saturated rings. The van der Waals surface area contributed by atoms with Crippen LogP contribution >= 0.6 is 0 Å². The fourth-order valence-electron chi connectivity index (χ4n) is 1.81. The van der Waals surface area contributed by atoms with E-state index in [0.29, 0.717) is 18.8 Å². The number of hydrogen-bond acceptors (Lipinski definition) is 4. The van der Waals surface area contributed by atoms with Gasteiger partial charge in [0, 0.05) is 12.7 Å². The Morgan fingerprint density at radius 3 is 2.70 bits per heavy atom. The fraction of sp³-hybridized carbons (Fsp3) is 0.214. The average Bonchev–Trinajstić information content (AvgIpc) is 2.46. The minimum atomic E-state index is -0.380. The van der Waals surface area contributed by atoms with Crippen molar-refractivity contribution in [3.63, 3.8) is 0 Å². The number of hydrogen-bond donors (Lipinski definition) is 2. The molecule has 2 rings (SSSR count). The molecule has 0 spiro atoms. The van der Waals surface area contributed by atoms with Gasteiger partial charge in [-0.2, -0.15) is 5.10 Å². The van der Waals surface area contributed by atoms with Crippen molar-refractivity contribution >= 4 is 5.84 Å². The Morgan fingerprint density at radius 1 is 1.40 bits per heavy atom. The highest BCUT2D eigenvalue weighted by Gasteiger charge is 2.11. The summed E-state index contributed by atoms with van der Waals surface area (Å²) in [5, 5.41) is 11.8. The molecule has 0 saturated heterocycles. The van der Waals surface area contributed by atoms with Gasteiger partial charge in [0.15, 0.2) is 0 Å². The van der Waals surface area contributed by atoms with E-state index in [9.17, 15) is 4.79 Å². The van der Waals surface area contributed by atoms with Crippen molar-refractivity contribution in [2.24, 2.45) is 5.73 Å². The summed E-state index contributed by atoms with van der Waals surface area (Å²) in [6.45, 7) is 0.679. The number of ether oxygens (including phenoxy) is 1. The first-order chi connectivity index (χ1) is 9.63. The van der Waals surface area contributed by atoms with Crippen molar-refractivity contribution in [1.82, 2.24) is 9.78 Å². The van der Waals surface area contributed by atoms with Crippen LogP contribution in [0.25, 0.3) is 11.3 Å². The maximum absolute atomic E-state index is 12.1. The predicted octanol–water partition coefficient (Wildman–Crippen LogP) is 0.841. The molecule has 0 saturated carbocycles. The van der Waals surface area contributed by atoms with Gasteiger partial charge in [-0.05, 0) is 6.07 Å². The van der Waals surface area contributed by atoms with E-state index in [2.05, 4.69) is 5.10 Å². The molecule has 6 heteroatoms. The Balaban J connectivity index is 2.56. The van der Waals surface area contributed by atoms with Crippen LogP contribution in [0, 0.1) is 5.41 Å². The van der Waals surface area contributed by atoms with Crippen molar-refractivity contribution in [1.29, 1.82) is 5.41 Å². The number of rotatable bonds is 5. The highest BCUT2D eigenvalue weighted by molar-refractivity contribution is 5.95. The summed E-state index contributed by atoms with van der Waals surface area (Å²) in [6, 6.07) is 11.0. The lowest BCUT2D eigenvalue weighted by molar-refractivity contribution is 0.182. The zero-order valence-electron chi connectivity index (χ0n) is 11.2. The second-order valence-corrected chi connectivity index (χ2v) is 4.24. The standard InChI is InChI=1S/C14H16N4O2/c1-20-8-7-18-14(19)11(13(15)16)9-12(17-18)10-5-3-2-4-6-10/h2-6,9H,7-8H2,1H3,(H3,15,16). The molecule has 0 aliphatic rings. The van der Waals surface area contributed by atoms with Crippen molar-refractivity contribution in [3.8, 4) is 11.3 Å². The Bertz CT molecular complexity index is 665. The maximum atomic E-state index is 12.1. The van der Waals surface area contributed by atoms with Gasteiger partial charge in [-0.25, -0.2) is 4.68 Å². The van der Waals surface area contributed by atoms with E-state index in [1.54, 1.807) is 13.2 Å². The second-order valence-electron chi connectivity index (χ2n) is 4.24. The molecule has 1 aromatic carbocycles. The van der Waals surface area contributed by atoms with Crippen LogP contribution < -0.4 is 11.3 Å². The topological polar surface area (TPSA) is 94.0 Å². The number of aromatic nitrogens is 2. The Hall–Kier alpha value is -2.47. The first kappa shape index (κ1) is 14.0. The molecular weight excluding hydrogens is 256 g/mol. The normalized spacial score (nSPS) is 10.4. The Morgan fingerprint density at radius 2 is 2.10 bits per heavy atom. The molecule has 3 N–H and O–H groups in total. The summed E-state index contributed by atoms with van der Waals surface area (Å²) in [6.07, 6.45) is 0. The average molecular weight is 272 g/mol. The van der Waals surface area contributed by atoms with Crippen molar-refractivity contribution in [2.75, 3.05) is 13.7 Å². The van der Waals surface area contributed by atoms with Crippen molar-refractivity contribution in [3.05, 3.63) is 52.3 Å². The largest absolute Gasteiger partial charge is 0.384 e. The molecule has 1 aromatic heterocycles. The van der Waals surface area contributed by atoms with E-state index in [0.717, 1.165) is 5.56 Å². The molecule has 0 atom stereocenters. The third-order valence-corrected chi connectivity index (χ3v) is 2.84.